The van der Waals surface area contributed by atoms with Gasteiger partial charge in [-0.15, -0.1) is 0 Å². The van der Waals surface area contributed by atoms with E-state index in [-0.39, 0.29) is 5.91 Å². The SMILES string of the molecule is Cc1ncccc1C(=O)N(c1ccc(CN)cc1)C1CC1. The van der Waals surface area contributed by atoms with Crippen molar-refractivity contribution in [3.8, 4) is 0 Å². The van der Waals surface area contributed by atoms with Crippen molar-refractivity contribution in [1.82, 2.24) is 4.98 Å². The van der Waals surface area contributed by atoms with Crippen molar-refractivity contribution < 1.29 is 4.79 Å². The van der Waals surface area contributed by atoms with Crippen LogP contribution in [0, 0.1) is 6.92 Å². The highest BCUT2D eigenvalue weighted by Crippen LogP contribution is 2.33. The maximum absolute atomic E-state index is 12.9. The minimum absolute atomic E-state index is 0.0311. The number of nitrogens with two attached hydrogens (primary N) is 1. The lowest BCUT2D eigenvalue weighted by atomic mass is 10.1. The normalized spacial score (nSPS) is 14.0. The summed E-state index contributed by atoms with van der Waals surface area (Å²) in [5.41, 5.74) is 9.08. The molecule has 1 fully saturated rings. The van der Waals surface area contributed by atoms with Gasteiger partial charge in [-0.25, -0.2) is 0 Å². The Hall–Kier alpha value is -2.20. The van der Waals surface area contributed by atoms with Gasteiger partial charge in [-0.1, -0.05) is 12.1 Å². The van der Waals surface area contributed by atoms with E-state index in [1.807, 2.05) is 48.2 Å². The molecule has 0 bridgehead atoms. The van der Waals surface area contributed by atoms with E-state index in [4.69, 9.17) is 5.73 Å². The van der Waals surface area contributed by atoms with Crippen LogP contribution in [0.2, 0.25) is 0 Å². The number of anilines is 1. The zero-order valence-electron chi connectivity index (χ0n) is 12.1. The molecule has 21 heavy (non-hydrogen) atoms. The van der Waals surface area contributed by atoms with Gasteiger partial charge in [0, 0.05) is 30.2 Å². The Labute approximate surface area is 124 Å². The molecular formula is C17H19N3O. The second kappa shape index (κ2) is 5.66. The highest BCUT2D eigenvalue weighted by Gasteiger charge is 2.34. The summed E-state index contributed by atoms with van der Waals surface area (Å²) in [6.45, 7) is 2.38. The smallest absolute Gasteiger partial charge is 0.260 e. The zero-order valence-corrected chi connectivity index (χ0v) is 12.1. The first-order chi connectivity index (χ1) is 10.2. The molecule has 3 rings (SSSR count). The number of nitrogens with zero attached hydrogens (tertiary/aromatic N) is 2. The van der Waals surface area contributed by atoms with E-state index in [0.717, 1.165) is 29.8 Å². The van der Waals surface area contributed by atoms with Crippen molar-refractivity contribution in [3.63, 3.8) is 0 Å². The highest BCUT2D eigenvalue weighted by molar-refractivity contribution is 6.07. The average molecular weight is 281 g/mol. The topological polar surface area (TPSA) is 59.2 Å². The molecule has 0 saturated heterocycles. The first-order valence-corrected chi connectivity index (χ1v) is 7.25. The lowest BCUT2D eigenvalue weighted by molar-refractivity contribution is 0.0984. The van der Waals surface area contributed by atoms with Crippen molar-refractivity contribution in [2.75, 3.05) is 4.90 Å². The Kier molecular flexibility index (Phi) is 3.71. The predicted molar refractivity (Wildman–Crippen MR) is 83.1 cm³/mol. The van der Waals surface area contributed by atoms with E-state index in [2.05, 4.69) is 4.98 Å². The van der Waals surface area contributed by atoms with Crippen LogP contribution in [0.1, 0.15) is 34.5 Å². The van der Waals surface area contributed by atoms with Crippen molar-refractivity contribution in [2.45, 2.75) is 32.4 Å². The molecule has 1 aromatic carbocycles. The summed E-state index contributed by atoms with van der Waals surface area (Å²) in [7, 11) is 0. The van der Waals surface area contributed by atoms with Crippen LogP contribution in [0.3, 0.4) is 0 Å². The molecule has 108 valence electrons. The van der Waals surface area contributed by atoms with E-state index >= 15 is 0 Å². The number of carbonyl (C=O) groups excluding carboxylic acids is 1. The fourth-order valence-corrected chi connectivity index (χ4v) is 2.46. The largest absolute Gasteiger partial charge is 0.326 e. The van der Waals surface area contributed by atoms with Crippen LogP contribution in [-0.2, 0) is 6.54 Å². The molecule has 2 N–H and O–H groups in total. The van der Waals surface area contributed by atoms with E-state index < -0.39 is 0 Å². The Morgan fingerprint density at radius 1 is 1.29 bits per heavy atom. The van der Waals surface area contributed by atoms with E-state index in [0.29, 0.717) is 18.2 Å². The zero-order chi connectivity index (χ0) is 14.8. The molecule has 1 saturated carbocycles. The molecule has 1 heterocycles. The second-order valence-electron chi connectivity index (χ2n) is 5.41. The van der Waals surface area contributed by atoms with Gasteiger partial charge in [0.25, 0.3) is 5.91 Å². The molecule has 4 nitrogen and oxygen atoms in total. The molecule has 1 amide bonds. The summed E-state index contributed by atoms with van der Waals surface area (Å²) in [5, 5.41) is 0. The summed E-state index contributed by atoms with van der Waals surface area (Å²) in [6, 6.07) is 11.9. The number of carbonyl (C=O) groups is 1. The van der Waals surface area contributed by atoms with Crippen molar-refractivity contribution in [3.05, 3.63) is 59.4 Å². The van der Waals surface area contributed by atoms with Gasteiger partial charge in [0.05, 0.1) is 5.56 Å². The lowest BCUT2D eigenvalue weighted by Gasteiger charge is -2.23. The number of pyridine rings is 1. The average Bonchev–Trinajstić information content (AvgIpc) is 3.33. The number of hydrogen-bond acceptors (Lipinski definition) is 3. The Balaban J connectivity index is 1.94. The number of amides is 1. The number of aromatic nitrogens is 1. The Morgan fingerprint density at radius 2 is 2.00 bits per heavy atom. The summed E-state index contributed by atoms with van der Waals surface area (Å²) >= 11 is 0. The van der Waals surface area contributed by atoms with Crippen LogP contribution < -0.4 is 10.6 Å². The highest BCUT2D eigenvalue weighted by atomic mass is 16.2. The minimum atomic E-state index is 0.0311. The monoisotopic (exact) mass is 281 g/mol. The van der Waals surface area contributed by atoms with Gasteiger partial charge < -0.3 is 10.6 Å². The quantitative estimate of drug-likeness (QED) is 0.937. The van der Waals surface area contributed by atoms with E-state index in [1.54, 1.807) is 6.20 Å². The van der Waals surface area contributed by atoms with Gasteiger partial charge in [0.15, 0.2) is 0 Å². The van der Waals surface area contributed by atoms with Gasteiger partial charge in [0.1, 0.15) is 0 Å². The molecule has 0 radical (unpaired) electrons. The van der Waals surface area contributed by atoms with Gasteiger partial charge in [0.2, 0.25) is 0 Å². The second-order valence-corrected chi connectivity index (χ2v) is 5.41. The molecule has 0 spiro atoms. The summed E-state index contributed by atoms with van der Waals surface area (Å²) in [4.78, 5) is 19.0. The summed E-state index contributed by atoms with van der Waals surface area (Å²) in [6.07, 6.45) is 3.83. The molecule has 0 unspecified atom stereocenters. The number of hydrogen-bond donors (Lipinski definition) is 1. The van der Waals surface area contributed by atoms with E-state index in [1.165, 1.54) is 0 Å². The molecule has 4 heteroatoms. The van der Waals surface area contributed by atoms with Crippen molar-refractivity contribution >= 4 is 11.6 Å². The molecule has 1 aromatic heterocycles. The van der Waals surface area contributed by atoms with E-state index in [9.17, 15) is 4.79 Å². The van der Waals surface area contributed by atoms with Crippen LogP contribution in [0.25, 0.3) is 0 Å². The van der Waals surface area contributed by atoms with Gasteiger partial charge in [-0.2, -0.15) is 0 Å². The van der Waals surface area contributed by atoms with Crippen LogP contribution in [0.15, 0.2) is 42.6 Å². The van der Waals surface area contributed by atoms with Crippen LogP contribution >= 0.6 is 0 Å². The lowest BCUT2D eigenvalue weighted by Crippen LogP contribution is -2.33. The first kappa shape index (κ1) is 13.8. The van der Waals surface area contributed by atoms with Gasteiger partial charge in [-0.3, -0.25) is 9.78 Å². The standard InChI is InChI=1S/C17H19N3O/c1-12-16(3-2-10-19-12)17(21)20(15-8-9-15)14-6-4-13(11-18)5-7-14/h2-7,10,15H,8-9,11,18H2,1H3. The molecular weight excluding hydrogens is 262 g/mol. The molecule has 0 atom stereocenters. The Morgan fingerprint density at radius 3 is 2.57 bits per heavy atom. The van der Waals surface area contributed by atoms with Gasteiger partial charge >= 0.3 is 0 Å². The molecule has 0 aliphatic heterocycles. The third-order valence-corrected chi connectivity index (χ3v) is 3.82. The van der Waals surface area contributed by atoms with Crippen LogP contribution in [0.5, 0.6) is 0 Å². The minimum Gasteiger partial charge on any atom is -0.326 e. The predicted octanol–water partition coefficient (Wildman–Crippen LogP) is 2.66. The Bertz CT molecular complexity index is 647. The third-order valence-electron chi connectivity index (χ3n) is 3.82. The first-order valence-electron chi connectivity index (χ1n) is 7.25. The fraction of sp³-hybridized carbons (Fsp3) is 0.294. The number of rotatable bonds is 4. The fourth-order valence-electron chi connectivity index (χ4n) is 2.46. The van der Waals surface area contributed by atoms with Crippen molar-refractivity contribution in [1.29, 1.82) is 0 Å². The van der Waals surface area contributed by atoms with Crippen molar-refractivity contribution in [2.24, 2.45) is 5.73 Å². The maximum Gasteiger partial charge on any atom is 0.260 e. The molecule has 1 aliphatic rings. The number of benzene rings is 1. The van der Waals surface area contributed by atoms with Gasteiger partial charge in [-0.05, 0) is 49.6 Å². The number of aryl methyl sites for hydroxylation is 1. The maximum atomic E-state index is 12.9. The third kappa shape index (κ3) is 2.81. The summed E-state index contributed by atoms with van der Waals surface area (Å²) < 4.78 is 0. The molecule has 1 aliphatic carbocycles. The molecule has 2 aromatic rings. The summed E-state index contributed by atoms with van der Waals surface area (Å²) in [5.74, 6) is 0.0311. The van der Waals surface area contributed by atoms with Crippen LogP contribution in [-0.4, -0.2) is 16.9 Å². The van der Waals surface area contributed by atoms with Crippen LogP contribution in [0.4, 0.5) is 5.69 Å².